The molecule has 0 heterocycles. The Labute approximate surface area is 163 Å². The second-order valence-corrected chi connectivity index (χ2v) is 6.98. The molecular formula is C26H20O2. The SMILES string of the molecule is COc1cc2ccccc2cc1COc1cccc2cc3ccccc3cc12. The van der Waals surface area contributed by atoms with Crippen LogP contribution in [0.5, 0.6) is 11.5 Å². The number of hydrogen-bond donors (Lipinski definition) is 0. The predicted octanol–water partition coefficient (Wildman–Crippen LogP) is 6.73. The van der Waals surface area contributed by atoms with Crippen molar-refractivity contribution in [2.45, 2.75) is 6.61 Å². The Morgan fingerprint density at radius 3 is 1.89 bits per heavy atom. The van der Waals surface area contributed by atoms with E-state index in [1.807, 2.05) is 18.2 Å². The predicted molar refractivity (Wildman–Crippen MR) is 116 cm³/mol. The summed E-state index contributed by atoms with van der Waals surface area (Å²) in [7, 11) is 1.71. The number of benzene rings is 5. The Bertz CT molecular complexity index is 1300. The minimum absolute atomic E-state index is 0.458. The van der Waals surface area contributed by atoms with Gasteiger partial charge in [-0.1, -0.05) is 60.7 Å². The van der Waals surface area contributed by atoms with E-state index < -0.39 is 0 Å². The van der Waals surface area contributed by atoms with Crippen LogP contribution in [0, 0.1) is 0 Å². The maximum Gasteiger partial charge on any atom is 0.127 e. The molecule has 2 heteroatoms. The summed E-state index contributed by atoms with van der Waals surface area (Å²) in [5.74, 6) is 1.74. The van der Waals surface area contributed by atoms with Crippen LogP contribution in [0.1, 0.15) is 5.56 Å². The zero-order chi connectivity index (χ0) is 18.9. The summed E-state index contributed by atoms with van der Waals surface area (Å²) in [6, 6.07) is 31.6. The molecule has 0 aliphatic heterocycles. The fraction of sp³-hybridized carbons (Fsp3) is 0.0769. The van der Waals surface area contributed by atoms with Crippen molar-refractivity contribution in [1.82, 2.24) is 0 Å². The molecule has 0 saturated heterocycles. The Morgan fingerprint density at radius 2 is 1.18 bits per heavy atom. The van der Waals surface area contributed by atoms with Gasteiger partial charge in [0.25, 0.3) is 0 Å². The first-order chi connectivity index (χ1) is 13.8. The zero-order valence-corrected chi connectivity index (χ0v) is 15.7. The number of methoxy groups -OCH3 is 1. The molecule has 5 rings (SSSR count). The van der Waals surface area contributed by atoms with Crippen molar-refractivity contribution >= 4 is 32.3 Å². The molecule has 0 bridgehead atoms. The van der Waals surface area contributed by atoms with Crippen molar-refractivity contribution in [1.29, 1.82) is 0 Å². The summed E-state index contributed by atoms with van der Waals surface area (Å²) >= 11 is 0. The average Bonchev–Trinajstić information content (AvgIpc) is 2.75. The van der Waals surface area contributed by atoms with Gasteiger partial charge in [-0.25, -0.2) is 0 Å². The second-order valence-electron chi connectivity index (χ2n) is 6.98. The van der Waals surface area contributed by atoms with Crippen molar-refractivity contribution in [3.8, 4) is 11.5 Å². The summed E-state index contributed by atoms with van der Waals surface area (Å²) in [6.07, 6.45) is 0. The van der Waals surface area contributed by atoms with Gasteiger partial charge in [-0.15, -0.1) is 0 Å². The molecule has 5 aromatic rings. The molecule has 28 heavy (non-hydrogen) atoms. The van der Waals surface area contributed by atoms with Crippen LogP contribution in [0.4, 0.5) is 0 Å². The summed E-state index contributed by atoms with van der Waals surface area (Å²) in [5, 5.41) is 7.12. The van der Waals surface area contributed by atoms with E-state index in [1.165, 1.54) is 26.9 Å². The third kappa shape index (κ3) is 2.93. The molecule has 5 aromatic carbocycles. The summed E-state index contributed by atoms with van der Waals surface area (Å²) < 4.78 is 11.9. The molecule has 0 aromatic heterocycles. The summed E-state index contributed by atoms with van der Waals surface area (Å²) in [5.41, 5.74) is 1.04. The lowest BCUT2D eigenvalue weighted by atomic mass is 10.0. The maximum absolute atomic E-state index is 6.27. The monoisotopic (exact) mass is 364 g/mol. The molecule has 2 nitrogen and oxygen atoms in total. The average molecular weight is 364 g/mol. The lowest BCUT2D eigenvalue weighted by Gasteiger charge is -2.14. The largest absolute Gasteiger partial charge is 0.496 e. The van der Waals surface area contributed by atoms with Crippen LogP contribution in [-0.4, -0.2) is 7.11 Å². The van der Waals surface area contributed by atoms with Gasteiger partial charge in [0.05, 0.1) is 7.11 Å². The molecule has 0 aliphatic carbocycles. The summed E-state index contributed by atoms with van der Waals surface area (Å²) in [4.78, 5) is 0. The third-order valence-corrected chi connectivity index (χ3v) is 5.24. The number of fused-ring (bicyclic) bond motifs is 3. The quantitative estimate of drug-likeness (QED) is 0.329. The van der Waals surface area contributed by atoms with E-state index in [-0.39, 0.29) is 0 Å². The van der Waals surface area contributed by atoms with Crippen molar-refractivity contribution in [2.24, 2.45) is 0 Å². The highest BCUT2D eigenvalue weighted by Gasteiger charge is 2.09. The van der Waals surface area contributed by atoms with Crippen molar-refractivity contribution < 1.29 is 9.47 Å². The van der Waals surface area contributed by atoms with E-state index in [0.717, 1.165) is 22.4 Å². The molecule has 0 N–H and O–H groups in total. The van der Waals surface area contributed by atoms with E-state index in [0.29, 0.717) is 6.61 Å². The topological polar surface area (TPSA) is 18.5 Å². The van der Waals surface area contributed by atoms with Gasteiger partial charge < -0.3 is 9.47 Å². The van der Waals surface area contributed by atoms with Crippen LogP contribution in [0.25, 0.3) is 32.3 Å². The van der Waals surface area contributed by atoms with Crippen molar-refractivity contribution in [3.63, 3.8) is 0 Å². The van der Waals surface area contributed by atoms with Crippen LogP contribution in [0.3, 0.4) is 0 Å². The van der Waals surface area contributed by atoms with Gasteiger partial charge in [0.2, 0.25) is 0 Å². The fourth-order valence-electron chi connectivity index (χ4n) is 3.79. The molecule has 0 fully saturated rings. The van der Waals surface area contributed by atoms with Gasteiger partial charge in [0, 0.05) is 10.9 Å². The van der Waals surface area contributed by atoms with Gasteiger partial charge in [0.15, 0.2) is 0 Å². The molecule has 136 valence electrons. The van der Waals surface area contributed by atoms with Crippen LogP contribution >= 0.6 is 0 Å². The number of rotatable bonds is 4. The molecule has 0 amide bonds. The Morgan fingerprint density at radius 1 is 0.571 bits per heavy atom. The standard InChI is InChI=1S/C26H20O2/c1-27-26-16-21-10-5-3-8-19(21)14-23(26)17-28-25-12-6-11-22-13-18-7-2-4-9-20(18)15-24(22)25/h2-16H,17H2,1H3. The molecular weight excluding hydrogens is 344 g/mol. The lowest BCUT2D eigenvalue weighted by molar-refractivity contribution is 0.300. The van der Waals surface area contributed by atoms with Gasteiger partial charge in [0.1, 0.15) is 18.1 Å². The van der Waals surface area contributed by atoms with Gasteiger partial charge in [-0.3, -0.25) is 0 Å². The van der Waals surface area contributed by atoms with Crippen LogP contribution < -0.4 is 9.47 Å². The number of hydrogen-bond acceptors (Lipinski definition) is 2. The first kappa shape index (κ1) is 16.6. The van der Waals surface area contributed by atoms with E-state index in [9.17, 15) is 0 Å². The fourth-order valence-corrected chi connectivity index (χ4v) is 3.79. The van der Waals surface area contributed by atoms with Crippen LogP contribution in [0.15, 0.2) is 91.0 Å². The van der Waals surface area contributed by atoms with Crippen LogP contribution in [0.2, 0.25) is 0 Å². The highest BCUT2D eigenvalue weighted by molar-refractivity contribution is 6.00. The molecule has 0 radical (unpaired) electrons. The highest BCUT2D eigenvalue weighted by Crippen LogP contribution is 2.32. The Kier molecular flexibility index (Phi) is 4.10. The van der Waals surface area contributed by atoms with Crippen LogP contribution in [-0.2, 0) is 6.61 Å². The number of ether oxygens (including phenoxy) is 2. The van der Waals surface area contributed by atoms with E-state index in [1.54, 1.807) is 7.11 Å². The normalized spacial score (nSPS) is 11.2. The van der Waals surface area contributed by atoms with Crippen molar-refractivity contribution in [2.75, 3.05) is 7.11 Å². The van der Waals surface area contributed by atoms with E-state index in [4.69, 9.17) is 9.47 Å². The van der Waals surface area contributed by atoms with E-state index in [2.05, 4.69) is 72.8 Å². The van der Waals surface area contributed by atoms with Gasteiger partial charge >= 0.3 is 0 Å². The minimum atomic E-state index is 0.458. The molecule has 0 spiro atoms. The molecule has 0 saturated carbocycles. The maximum atomic E-state index is 6.27. The third-order valence-electron chi connectivity index (χ3n) is 5.24. The lowest BCUT2D eigenvalue weighted by Crippen LogP contribution is -1.99. The first-order valence-corrected chi connectivity index (χ1v) is 9.42. The van der Waals surface area contributed by atoms with E-state index >= 15 is 0 Å². The smallest absolute Gasteiger partial charge is 0.127 e. The van der Waals surface area contributed by atoms with Gasteiger partial charge in [-0.05, 0) is 57.3 Å². The Hall–Kier alpha value is -3.52. The Balaban J connectivity index is 1.54. The van der Waals surface area contributed by atoms with Crippen molar-refractivity contribution in [3.05, 3.63) is 96.6 Å². The highest BCUT2D eigenvalue weighted by atomic mass is 16.5. The zero-order valence-electron chi connectivity index (χ0n) is 15.7. The second kappa shape index (κ2) is 6.90. The minimum Gasteiger partial charge on any atom is -0.496 e. The molecule has 0 atom stereocenters. The summed E-state index contributed by atoms with van der Waals surface area (Å²) in [6.45, 7) is 0.458. The molecule has 0 aliphatic rings. The molecule has 0 unspecified atom stereocenters. The van der Waals surface area contributed by atoms with Gasteiger partial charge in [-0.2, -0.15) is 0 Å². The first-order valence-electron chi connectivity index (χ1n) is 9.42.